The van der Waals surface area contributed by atoms with Crippen LogP contribution in [0.4, 0.5) is 0 Å². The van der Waals surface area contributed by atoms with Crippen LogP contribution in [0.1, 0.15) is 26.7 Å². The molecular formula is C8H19NO2. The molecule has 3 heteroatoms. The van der Waals surface area contributed by atoms with Gasteiger partial charge in [-0.15, -0.1) is 0 Å². The molecule has 0 spiro atoms. The highest BCUT2D eigenvalue weighted by Crippen LogP contribution is 2.06. The Kier molecular flexibility index (Phi) is 5.46. The van der Waals surface area contributed by atoms with Crippen LogP contribution in [0.5, 0.6) is 0 Å². The van der Waals surface area contributed by atoms with E-state index in [-0.39, 0.29) is 11.3 Å². The molecule has 0 saturated heterocycles. The van der Waals surface area contributed by atoms with Crippen LogP contribution in [-0.4, -0.2) is 36.0 Å². The maximum atomic E-state index is 11.7. The number of hydrogen-bond donors (Lipinski definition) is 1. The van der Waals surface area contributed by atoms with Crippen LogP contribution in [0, 0.1) is 5.21 Å². The summed E-state index contributed by atoms with van der Waals surface area (Å²) in [5.41, 5.74) is 0. The summed E-state index contributed by atoms with van der Waals surface area (Å²) in [5, 5.41) is 20.3. The van der Waals surface area contributed by atoms with E-state index >= 15 is 0 Å². The van der Waals surface area contributed by atoms with Crippen molar-refractivity contribution >= 4 is 0 Å². The van der Waals surface area contributed by atoms with Crippen LogP contribution in [0.15, 0.2) is 0 Å². The van der Waals surface area contributed by atoms with Gasteiger partial charge in [0.15, 0.2) is 0 Å². The highest BCUT2D eigenvalue weighted by atomic mass is 16.5. The normalized spacial score (nSPS) is 12.0. The molecule has 0 radical (unpaired) electrons. The van der Waals surface area contributed by atoms with Gasteiger partial charge >= 0.3 is 0 Å². The van der Waals surface area contributed by atoms with Crippen molar-refractivity contribution in [1.82, 2.24) is 0 Å². The lowest BCUT2D eigenvalue weighted by atomic mass is 10.3. The third-order valence-corrected chi connectivity index (χ3v) is 1.77. The van der Waals surface area contributed by atoms with Gasteiger partial charge < -0.3 is 15.0 Å². The van der Waals surface area contributed by atoms with Crippen LogP contribution >= 0.6 is 0 Å². The SMILES string of the molecule is CCC[N+]([O-])(CCC)CCO. The van der Waals surface area contributed by atoms with E-state index in [1.54, 1.807) is 0 Å². The van der Waals surface area contributed by atoms with Crippen molar-refractivity contribution in [3.63, 3.8) is 0 Å². The summed E-state index contributed by atoms with van der Waals surface area (Å²) in [6, 6.07) is 0. The second kappa shape index (κ2) is 5.52. The molecule has 0 rings (SSSR count). The average Bonchev–Trinajstić information content (AvgIpc) is 1.88. The summed E-state index contributed by atoms with van der Waals surface area (Å²) in [5.74, 6) is 0. The number of hydrogen-bond acceptors (Lipinski definition) is 2. The summed E-state index contributed by atoms with van der Waals surface area (Å²) in [4.78, 5) is 0. The molecule has 0 amide bonds. The molecule has 0 aromatic heterocycles. The Morgan fingerprint density at radius 3 is 1.82 bits per heavy atom. The standard InChI is InChI=1S/C8H19NO2/c1-3-5-9(11,6-4-2)7-8-10/h10H,3-8H2,1-2H3. The molecule has 3 nitrogen and oxygen atoms in total. The lowest BCUT2D eigenvalue weighted by Gasteiger charge is -2.42. The summed E-state index contributed by atoms with van der Waals surface area (Å²) in [7, 11) is 0. The largest absolute Gasteiger partial charge is 0.633 e. The minimum Gasteiger partial charge on any atom is -0.633 e. The molecule has 0 aromatic rings. The molecule has 68 valence electrons. The number of aliphatic hydroxyl groups is 1. The summed E-state index contributed by atoms with van der Waals surface area (Å²) < 4.78 is -0.219. The van der Waals surface area contributed by atoms with Gasteiger partial charge in [-0.3, -0.25) is 0 Å². The minimum absolute atomic E-state index is 0.00347. The van der Waals surface area contributed by atoms with Gasteiger partial charge in [0.1, 0.15) is 6.54 Å². The summed E-state index contributed by atoms with van der Waals surface area (Å²) >= 11 is 0. The molecule has 0 fully saturated rings. The molecular weight excluding hydrogens is 142 g/mol. The van der Waals surface area contributed by atoms with E-state index in [2.05, 4.69) is 0 Å². The smallest absolute Gasteiger partial charge is 0.102 e. The lowest BCUT2D eigenvalue weighted by Crippen LogP contribution is -2.45. The quantitative estimate of drug-likeness (QED) is 0.468. The monoisotopic (exact) mass is 161 g/mol. The molecule has 1 N–H and O–H groups in total. The van der Waals surface area contributed by atoms with E-state index in [4.69, 9.17) is 5.11 Å². The van der Waals surface area contributed by atoms with Gasteiger partial charge in [-0.2, -0.15) is 0 Å². The van der Waals surface area contributed by atoms with Crippen LogP contribution < -0.4 is 0 Å². The van der Waals surface area contributed by atoms with Gasteiger partial charge in [-0.1, -0.05) is 13.8 Å². The first kappa shape index (κ1) is 10.9. The molecule has 0 bridgehead atoms. The Morgan fingerprint density at radius 1 is 1.09 bits per heavy atom. The number of hydroxylamine groups is 3. The maximum absolute atomic E-state index is 11.7. The third kappa shape index (κ3) is 4.35. The Morgan fingerprint density at radius 2 is 1.55 bits per heavy atom. The van der Waals surface area contributed by atoms with Crippen LogP contribution in [0.2, 0.25) is 0 Å². The minimum atomic E-state index is -0.219. The fourth-order valence-electron chi connectivity index (χ4n) is 1.33. The van der Waals surface area contributed by atoms with E-state index in [0.717, 1.165) is 12.8 Å². The van der Waals surface area contributed by atoms with Crippen LogP contribution in [0.3, 0.4) is 0 Å². The topological polar surface area (TPSA) is 43.3 Å². The van der Waals surface area contributed by atoms with E-state index < -0.39 is 0 Å². The second-order valence-corrected chi connectivity index (χ2v) is 2.95. The van der Waals surface area contributed by atoms with Crippen LogP contribution in [0.25, 0.3) is 0 Å². The lowest BCUT2D eigenvalue weighted by molar-refractivity contribution is -0.881. The van der Waals surface area contributed by atoms with E-state index in [1.807, 2.05) is 13.8 Å². The zero-order valence-corrected chi connectivity index (χ0v) is 7.55. The number of nitrogens with zero attached hydrogens (tertiary/aromatic N) is 1. The van der Waals surface area contributed by atoms with Crippen molar-refractivity contribution in [3.05, 3.63) is 5.21 Å². The van der Waals surface area contributed by atoms with Gasteiger partial charge in [0.2, 0.25) is 0 Å². The van der Waals surface area contributed by atoms with Crippen molar-refractivity contribution < 1.29 is 9.75 Å². The van der Waals surface area contributed by atoms with E-state index in [1.165, 1.54) is 0 Å². The van der Waals surface area contributed by atoms with Gasteiger partial charge in [0, 0.05) is 0 Å². The van der Waals surface area contributed by atoms with Crippen molar-refractivity contribution in [2.24, 2.45) is 0 Å². The Labute approximate surface area is 68.8 Å². The Balaban J connectivity index is 3.79. The molecule has 0 aliphatic heterocycles. The summed E-state index contributed by atoms with van der Waals surface area (Å²) in [6.45, 7) is 5.61. The van der Waals surface area contributed by atoms with Gasteiger partial charge in [0.05, 0.1) is 19.7 Å². The Bertz CT molecular complexity index is 79.1. The van der Waals surface area contributed by atoms with E-state index in [0.29, 0.717) is 19.6 Å². The molecule has 0 atom stereocenters. The summed E-state index contributed by atoms with van der Waals surface area (Å²) in [6.07, 6.45) is 1.78. The molecule has 0 aromatic carbocycles. The molecule has 0 aliphatic rings. The van der Waals surface area contributed by atoms with Gasteiger partial charge in [-0.25, -0.2) is 0 Å². The first-order chi connectivity index (χ1) is 5.18. The van der Waals surface area contributed by atoms with Gasteiger partial charge in [0.25, 0.3) is 0 Å². The molecule has 11 heavy (non-hydrogen) atoms. The zero-order chi connectivity index (χ0) is 8.74. The van der Waals surface area contributed by atoms with Gasteiger partial charge in [-0.05, 0) is 12.8 Å². The highest BCUT2D eigenvalue weighted by molar-refractivity contribution is 4.42. The van der Waals surface area contributed by atoms with Crippen molar-refractivity contribution in [3.8, 4) is 0 Å². The predicted octanol–water partition coefficient (Wildman–Crippen LogP) is 1.11. The fourth-order valence-corrected chi connectivity index (χ4v) is 1.33. The van der Waals surface area contributed by atoms with Crippen LogP contribution in [-0.2, 0) is 0 Å². The molecule has 0 unspecified atom stereocenters. The molecule has 0 heterocycles. The highest BCUT2D eigenvalue weighted by Gasteiger charge is 2.12. The number of quaternary nitrogens is 1. The zero-order valence-electron chi connectivity index (χ0n) is 7.55. The van der Waals surface area contributed by atoms with Crippen molar-refractivity contribution in [2.45, 2.75) is 26.7 Å². The fraction of sp³-hybridized carbons (Fsp3) is 1.00. The number of rotatable bonds is 6. The maximum Gasteiger partial charge on any atom is 0.102 e. The van der Waals surface area contributed by atoms with E-state index in [9.17, 15) is 5.21 Å². The second-order valence-electron chi connectivity index (χ2n) is 2.95. The first-order valence-corrected chi connectivity index (χ1v) is 4.36. The molecule has 0 aliphatic carbocycles. The Hall–Kier alpha value is -0.120. The predicted molar refractivity (Wildman–Crippen MR) is 45.9 cm³/mol. The first-order valence-electron chi connectivity index (χ1n) is 4.36. The number of aliphatic hydroxyl groups excluding tert-OH is 1. The van der Waals surface area contributed by atoms with Crippen molar-refractivity contribution in [1.29, 1.82) is 0 Å². The van der Waals surface area contributed by atoms with Crippen molar-refractivity contribution in [2.75, 3.05) is 26.2 Å². The molecule has 0 saturated carbocycles. The average molecular weight is 161 g/mol. The third-order valence-electron chi connectivity index (χ3n) is 1.77.